The van der Waals surface area contributed by atoms with Gasteiger partial charge in [-0.3, -0.25) is 0 Å². The molecule has 13 heavy (non-hydrogen) atoms. The molecule has 0 bridgehead atoms. The van der Waals surface area contributed by atoms with Crippen LogP contribution in [-0.2, 0) is 0 Å². The van der Waals surface area contributed by atoms with Crippen LogP contribution >= 0.6 is 0 Å². The highest BCUT2D eigenvalue weighted by molar-refractivity contribution is 5.22. The first-order valence-electron chi connectivity index (χ1n) is 4.41. The first-order valence-corrected chi connectivity index (χ1v) is 4.41. The summed E-state index contributed by atoms with van der Waals surface area (Å²) in [6, 6.07) is 6.61. The van der Waals surface area contributed by atoms with Crippen molar-refractivity contribution < 1.29 is 9.50 Å². The molecule has 0 amide bonds. The van der Waals surface area contributed by atoms with Gasteiger partial charge in [0.05, 0.1) is 0 Å². The van der Waals surface area contributed by atoms with Crippen molar-refractivity contribution in [2.24, 2.45) is 5.92 Å². The number of aliphatic hydroxyl groups is 1. The van der Waals surface area contributed by atoms with Gasteiger partial charge in [-0.1, -0.05) is 12.1 Å². The Balaban J connectivity index is 2.12. The Morgan fingerprint density at radius 1 is 1.38 bits per heavy atom. The van der Waals surface area contributed by atoms with Gasteiger partial charge in [-0.25, -0.2) is 4.39 Å². The van der Waals surface area contributed by atoms with Gasteiger partial charge in [-0.15, -0.1) is 0 Å². The zero-order valence-corrected chi connectivity index (χ0v) is 7.20. The number of benzene rings is 1. The van der Waals surface area contributed by atoms with Crippen LogP contribution in [0.3, 0.4) is 0 Å². The smallest absolute Gasteiger partial charge is 0.123 e. The van der Waals surface area contributed by atoms with Crippen LogP contribution < -0.4 is 5.32 Å². The molecule has 0 spiro atoms. The summed E-state index contributed by atoms with van der Waals surface area (Å²) in [5, 5.41) is 12.2. The molecule has 2 unspecified atom stereocenters. The molecule has 1 aromatic rings. The summed E-state index contributed by atoms with van der Waals surface area (Å²) >= 11 is 0. The van der Waals surface area contributed by atoms with Crippen molar-refractivity contribution in [3.8, 4) is 0 Å². The fraction of sp³-hybridized carbons (Fsp3) is 0.400. The molecule has 2 rings (SSSR count). The highest BCUT2D eigenvalue weighted by Crippen LogP contribution is 2.28. The minimum atomic E-state index is -0.219. The summed E-state index contributed by atoms with van der Waals surface area (Å²) in [6.07, 6.45) is 0. The van der Waals surface area contributed by atoms with Gasteiger partial charge in [-0.2, -0.15) is 0 Å². The molecule has 0 saturated carbocycles. The molecule has 2 N–H and O–H groups in total. The van der Waals surface area contributed by atoms with Crippen LogP contribution in [0.25, 0.3) is 0 Å². The molecule has 1 aromatic carbocycles. The molecule has 1 fully saturated rings. The van der Waals surface area contributed by atoms with E-state index in [0.29, 0.717) is 0 Å². The Morgan fingerprint density at radius 2 is 2.08 bits per heavy atom. The van der Waals surface area contributed by atoms with E-state index in [1.165, 1.54) is 12.1 Å². The molecule has 1 aliphatic heterocycles. The summed E-state index contributed by atoms with van der Waals surface area (Å²) in [4.78, 5) is 0. The molecule has 2 atom stereocenters. The van der Waals surface area contributed by atoms with E-state index in [1.54, 1.807) is 12.1 Å². The Morgan fingerprint density at radius 3 is 2.54 bits per heavy atom. The van der Waals surface area contributed by atoms with Crippen molar-refractivity contribution in [1.29, 1.82) is 0 Å². The third-order valence-corrected chi connectivity index (χ3v) is 2.53. The van der Waals surface area contributed by atoms with Crippen molar-refractivity contribution in [2.75, 3.05) is 13.2 Å². The van der Waals surface area contributed by atoms with Crippen molar-refractivity contribution in [3.05, 3.63) is 35.6 Å². The van der Waals surface area contributed by atoms with Gasteiger partial charge < -0.3 is 10.4 Å². The Hall–Kier alpha value is -0.930. The number of hydrogen-bond acceptors (Lipinski definition) is 2. The molecule has 1 aliphatic rings. The Labute approximate surface area is 76.4 Å². The van der Waals surface area contributed by atoms with Gasteiger partial charge in [-0.05, 0) is 17.7 Å². The fourth-order valence-electron chi connectivity index (χ4n) is 1.63. The van der Waals surface area contributed by atoms with Gasteiger partial charge in [0.2, 0.25) is 0 Å². The monoisotopic (exact) mass is 181 g/mol. The lowest BCUT2D eigenvalue weighted by Crippen LogP contribution is -2.47. The van der Waals surface area contributed by atoms with Crippen LogP contribution in [0.15, 0.2) is 24.3 Å². The van der Waals surface area contributed by atoms with E-state index < -0.39 is 0 Å². The average molecular weight is 181 g/mol. The average Bonchev–Trinajstić information content (AvgIpc) is 2.08. The van der Waals surface area contributed by atoms with Gasteiger partial charge >= 0.3 is 0 Å². The van der Waals surface area contributed by atoms with Crippen LogP contribution in [0.2, 0.25) is 0 Å². The minimum absolute atomic E-state index is 0.190. The van der Waals surface area contributed by atoms with Crippen LogP contribution in [0.4, 0.5) is 4.39 Å². The molecular formula is C10H12FNO. The number of nitrogens with one attached hydrogen (secondary N) is 1. The zero-order valence-electron chi connectivity index (χ0n) is 7.20. The maximum Gasteiger partial charge on any atom is 0.123 e. The van der Waals surface area contributed by atoms with Crippen molar-refractivity contribution >= 4 is 0 Å². The highest BCUT2D eigenvalue weighted by atomic mass is 19.1. The molecule has 0 radical (unpaired) electrons. The second kappa shape index (κ2) is 3.44. The molecular weight excluding hydrogens is 169 g/mol. The Kier molecular flexibility index (Phi) is 2.29. The second-order valence-electron chi connectivity index (χ2n) is 3.38. The number of hydrogen-bond donors (Lipinski definition) is 2. The predicted molar refractivity (Wildman–Crippen MR) is 47.7 cm³/mol. The molecule has 3 heteroatoms. The summed E-state index contributed by atoms with van der Waals surface area (Å²) < 4.78 is 12.6. The Bertz CT molecular complexity index is 283. The van der Waals surface area contributed by atoms with E-state index in [4.69, 9.17) is 5.11 Å². The van der Waals surface area contributed by atoms with E-state index in [2.05, 4.69) is 5.32 Å². The maximum atomic E-state index is 12.6. The number of halogens is 1. The molecule has 0 aromatic heterocycles. The van der Waals surface area contributed by atoms with E-state index in [9.17, 15) is 4.39 Å². The molecule has 1 heterocycles. The fourth-order valence-corrected chi connectivity index (χ4v) is 1.63. The standard InChI is InChI=1S/C10H12FNO/c11-9-3-1-7(2-4-9)10-8(6-13)5-12-10/h1-4,8,10,12-13H,5-6H2. The summed E-state index contributed by atoms with van der Waals surface area (Å²) in [5.74, 6) is 0.0640. The number of aliphatic hydroxyl groups excluding tert-OH is 1. The molecule has 0 aliphatic carbocycles. The van der Waals surface area contributed by atoms with E-state index >= 15 is 0 Å². The lowest BCUT2D eigenvalue weighted by atomic mass is 9.87. The quantitative estimate of drug-likeness (QED) is 0.715. The molecule has 1 saturated heterocycles. The summed E-state index contributed by atoms with van der Waals surface area (Å²) in [5.41, 5.74) is 1.05. The number of rotatable bonds is 2. The first kappa shape index (κ1) is 8.66. The van der Waals surface area contributed by atoms with Crippen LogP contribution in [0.1, 0.15) is 11.6 Å². The third-order valence-electron chi connectivity index (χ3n) is 2.53. The lowest BCUT2D eigenvalue weighted by molar-refractivity contribution is 0.128. The largest absolute Gasteiger partial charge is 0.396 e. The predicted octanol–water partition coefficient (Wildman–Crippen LogP) is 1.08. The van der Waals surface area contributed by atoms with E-state index in [-0.39, 0.29) is 24.4 Å². The van der Waals surface area contributed by atoms with Crippen LogP contribution in [0.5, 0.6) is 0 Å². The summed E-state index contributed by atoms with van der Waals surface area (Å²) in [7, 11) is 0. The maximum absolute atomic E-state index is 12.6. The second-order valence-corrected chi connectivity index (χ2v) is 3.38. The molecule has 70 valence electrons. The van der Waals surface area contributed by atoms with Crippen molar-refractivity contribution in [2.45, 2.75) is 6.04 Å². The minimum Gasteiger partial charge on any atom is -0.396 e. The SMILES string of the molecule is OCC1CNC1c1ccc(F)cc1. The van der Waals surface area contributed by atoms with E-state index in [1.807, 2.05) is 0 Å². The lowest BCUT2D eigenvalue weighted by Gasteiger charge is -2.37. The van der Waals surface area contributed by atoms with E-state index in [0.717, 1.165) is 12.1 Å². The van der Waals surface area contributed by atoms with Gasteiger partial charge in [0.1, 0.15) is 5.82 Å². The van der Waals surface area contributed by atoms with Gasteiger partial charge in [0.15, 0.2) is 0 Å². The van der Waals surface area contributed by atoms with Crippen molar-refractivity contribution in [3.63, 3.8) is 0 Å². The van der Waals surface area contributed by atoms with Crippen LogP contribution in [-0.4, -0.2) is 18.3 Å². The van der Waals surface area contributed by atoms with Gasteiger partial charge in [0, 0.05) is 25.1 Å². The highest BCUT2D eigenvalue weighted by Gasteiger charge is 2.30. The zero-order chi connectivity index (χ0) is 9.26. The van der Waals surface area contributed by atoms with Crippen LogP contribution in [0, 0.1) is 11.7 Å². The third kappa shape index (κ3) is 1.57. The first-order chi connectivity index (χ1) is 6.31. The van der Waals surface area contributed by atoms with Crippen molar-refractivity contribution in [1.82, 2.24) is 5.32 Å². The molecule has 2 nitrogen and oxygen atoms in total. The normalized spacial score (nSPS) is 26.9. The summed E-state index contributed by atoms with van der Waals surface area (Å²) in [6.45, 7) is 1.04. The van der Waals surface area contributed by atoms with Gasteiger partial charge in [0.25, 0.3) is 0 Å². The topological polar surface area (TPSA) is 32.3 Å².